The lowest BCUT2D eigenvalue weighted by molar-refractivity contribution is 0.610. The van der Waals surface area contributed by atoms with E-state index in [2.05, 4.69) is 55.4 Å². The summed E-state index contributed by atoms with van der Waals surface area (Å²) in [5, 5.41) is 4.33. The maximum Gasteiger partial charge on any atom is 0.0648 e. The van der Waals surface area contributed by atoms with Crippen LogP contribution in [-0.2, 0) is 12.8 Å². The van der Waals surface area contributed by atoms with E-state index in [0.717, 1.165) is 34.4 Å². The lowest BCUT2D eigenvalue weighted by atomic mass is 9.88. The third kappa shape index (κ3) is 3.21. The molecule has 2 aromatic carbocycles. The summed E-state index contributed by atoms with van der Waals surface area (Å²) in [5.74, 6) is 0. The van der Waals surface area contributed by atoms with Gasteiger partial charge in [-0.05, 0) is 60.7 Å². The van der Waals surface area contributed by atoms with Crippen LogP contribution in [0.15, 0.2) is 45.3 Å². The van der Waals surface area contributed by atoms with Crippen LogP contribution in [0.3, 0.4) is 0 Å². The summed E-state index contributed by atoms with van der Waals surface area (Å²) in [6.07, 6.45) is 3.30. The monoisotopic (exact) mass is 413 g/mol. The number of halogens is 3. The molecular weight excluding hydrogens is 401 g/mol. The second kappa shape index (κ2) is 6.08. The number of aryl methyl sites for hydroxylation is 1. The number of nitrogens with one attached hydrogen (secondary N) is 1. The molecule has 0 amide bonds. The lowest BCUT2D eigenvalue weighted by Crippen LogP contribution is -2.27. The summed E-state index contributed by atoms with van der Waals surface area (Å²) >= 11 is 13.2. The fraction of sp³-hybridized carbons (Fsp3) is 0.250. The van der Waals surface area contributed by atoms with Crippen LogP contribution in [0.25, 0.3) is 0 Å². The van der Waals surface area contributed by atoms with Crippen LogP contribution in [0, 0.1) is 0 Å². The van der Waals surface area contributed by atoms with Gasteiger partial charge in [0.25, 0.3) is 0 Å². The molecular formula is C16H14Br2ClN. The van der Waals surface area contributed by atoms with E-state index in [4.69, 9.17) is 11.6 Å². The minimum atomic E-state index is 0.447. The molecule has 0 aromatic heterocycles. The van der Waals surface area contributed by atoms with Gasteiger partial charge in [0, 0.05) is 15.0 Å². The molecule has 0 bridgehead atoms. The van der Waals surface area contributed by atoms with E-state index >= 15 is 0 Å². The molecule has 0 aliphatic heterocycles. The first-order valence-corrected chi connectivity index (χ1v) is 8.57. The van der Waals surface area contributed by atoms with Gasteiger partial charge in [-0.3, -0.25) is 0 Å². The molecule has 0 saturated carbocycles. The van der Waals surface area contributed by atoms with E-state index in [1.54, 1.807) is 0 Å². The minimum absolute atomic E-state index is 0.447. The highest BCUT2D eigenvalue weighted by atomic mass is 79.9. The molecule has 0 spiro atoms. The van der Waals surface area contributed by atoms with Gasteiger partial charge in [-0.25, -0.2) is 0 Å². The summed E-state index contributed by atoms with van der Waals surface area (Å²) in [4.78, 5) is 0. The lowest BCUT2D eigenvalue weighted by Gasteiger charge is -2.27. The van der Waals surface area contributed by atoms with Crippen molar-refractivity contribution in [1.82, 2.24) is 0 Å². The summed E-state index contributed by atoms with van der Waals surface area (Å²) in [6.45, 7) is 0. The molecule has 1 nitrogen and oxygen atoms in total. The molecule has 104 valence electrons. The van der Waals surface area contributed by atoms with Crippen LogP contribution < -0.4 is 5.32 Å². The van der Waals surface area contributed by atoms with E-state index in [9.17, 15) is 0 Å². The molecule has 1 aliphatic carbocycles. The van der Waals surface area contributed by atoms with Crippen molar-refractivity contribution < 1.29 is 0 Å². The van der Waals surface area contributed by atoms with E-state index in [1.165, 1.54) is 15.6 Å². The van der Waals surface area contributed by atoms with E-state index in [-0.39, 0.29) is 0 Å². The molecule has 1 atom stereocenters. The van der Waals surface area contributed by atoms with Crippen LogP contribution >= 0.6 is 43.5 Å². The standard InChI is InChI=1S/C16H14Br2ClN/c17-12-3-1-11-8-14(5-2-10(11)7-12)20-16-6-4-13(18)9-15(16)19/h1,3-4,6-7,9,14,20H,2,5,8H2. The first-order chi connectivity index (χ1) is 9.61. The Morgan fingerprint density at radius 2 is 1.75 bits per heavy atom. The third-order valence-electron chi connectivity index (χ3n) is 3.69. The molecule has 1 N–H and O–H groups in total. The first-order valence-electron chi connectivity index (χ1n) is 6.61. The molecule has 0 saturated heterocycles. The molecule has 1 unspecified atom stereocenters. The second-order valence-corrected chi connectivity index (χ2v) is 7.36. The van der Waals surface area contributed by atoms with Gasteiger partial charge in [-0.15, -0.1) is 0 Å². The van der Waals surface area contributed by atoms with E-state index in [0.29, 0.717) is 6.04 Å². The molecule has 0 radical (unpaired) electrons. The van der Waals surface area contributed by atoms with Gasteiger partial charge in [0.2, 0.25) is 0 Å². The number of hydrogen-bond donors (Lipinski definition) is 1. The Labute approximate surface area is 141 Å². The Hall–Kier alpha value is -0.510. The van der Waals surface area contributed by atoms with Crippen molar-refractivity contribution in [3.63, 3.8) is 0 Å². The van der Waals surface area contributed by atoms with Crippen molar-refractivity contribution in [3.8, 4) is 0 Å². The maximum atomic E-state index is 6.27. The molecule has 0 fully saturated rings. The summed E-state index contributed by atoms with van der Waals surface area (Å²) < 4.78 is 2.17. The Morgan fingerprint density at radius 1 is 1.00 bits per heavy atom. The van der Waals surface area contributed by atoms with Crippen molar-refractivity contribution in [2.45, 2.75) is 25.3 Å². The fourth-order valence-electron chi connectivity index (χ4n) is 2.67. The van der Waals surface area contributed by atoms with Gasteiger partial charge >= 0.3 is 0 Å². The van der Waals surface area contributed by atoms with Crippen molar-refractivity contribution in [2.75, 3.05) is 5.32 Å². The van der Waals surface area contributed by atoms with Crippen LogP contribution in [0.5, 0.6) is 0 Å². The van der Waals surface area contributed by atoms with Gasteiger partial charge in [0.15, 0.2) is 0 Å². The van der Waals surface area contributed by atoms with Crippen LogP contribution in [-0.4, -0.2) is 6.04 Å². The van der Waals surface area contributed by atoms with Gasteiger partial charge in [-0.2, -0.15) is 0 Å². The Bertz CT molecular complexity index is 642. The number of rotatable bonds is 2. The van der Waals surface area contributed by atoms with Gasteiger partial charge in [0.1, 0.15) is 0 Å². The zero-order valence-corrected chi connectivity index (χ0v) is 14.7. The van der Waals surface area contributed by atoms with Gasteiger partial charge in [-0.1, -0.05) is 49.5 Å². The largest absolute Gasteiger partial charge is 0.381 e. The SMILES string of the molecule is Clc1cc(Br)ccc1NC1CCc2cc(Br)ccc2C1. The topological polar surface area (TPSA) is 12.0 Å². The van der Waals surface area contributed by atoms with Crippen molar-refractivity contribution >= 4 is 49.1 Å². The number of benzene rings is 2. The predicted octanol–water partition coefficient (Wildman–Crippen LogP) is 5.83. The normalized spacial score (nSPS) is 17.6. The maximum absolute atomic E-state index is 6.27. The highest BCUT2D eigenvalue weighted by Crippen LogP contribution is 2.30. The highest BCUT2D eigenvalue weighted by Gasteiger charge is 2.19. The van der Waals surface area contributed by atoms with Crippen LogP contribution in [0.4, 0.5) is 5.69 Å². The van der Waals surface area contributed by atoms with E-state index in [1.807, 2.05) is 18.2 Å². The summed E-state index contributed by atoms with van der Waals surface area (Å²) in [5.41, 5.74) is 3.91. The average Bonchev–Trinajstić information content (AvgIpc) is 2.42. The molecule has 2 aromatic rings. The molecule has 1 aliphatic rings. The highest BCUT2D eigenvalue weighted by molar-refractivity contribution is 9.10. The Morgan fingerprint density at radius 3 is 2.55 bits per heavy atom. The first kappa shape index (κ1) is 14.4. The van der Waals surface area contributed by atoms with Crippen molar-refractivity contribution in [3.05, 3.63) is 61.5 Å². The van der Waals surface area contributed by atoms with Gasteiger partial charge < -0.3 is 5.32 Å². The Kier molecular flexibility index (Phi) is 4.39. The zero-order chi connectivity index (χ0) is 14.1. The average molecular weight is 416 g/mol. The van der Waals surface area contributed by atoms with Crippen LogP contribution in [0.1, 0.15) is 17.5 Å². The van der Waals surface area contributed by atoms with E-state index < -0.39 is 0 Å². The minimum Gasteiger partial charge on any atom is -0.381 e. The summed E-state index contributed by atoms with van der Waals surface area (Å²) in [6, 6.07) is 13.0. The summed E-state index contributed by atoms with van der Waals surface area (Å²) in [7, 11) is 0. The predicted molar refractivity (Wildman–Crippen MR) is 92.7 cm³/mol. The molecule has 20 heavy (non-hydrogen) atoms. The number of fused-ring (bicyclic) bond motifs is 1. The molecule has 3 rings (SSSR count). The molecule has 4 heteroatoms. The molecule has 0 heterocycles. The number of hydrogen-bond acceptors (Lipinski definition) is 1. The van der Waals surface area contributed by atoms with Gasteiger partial charge in [0.05, 0.1) is 10.7 Å². The van der Waals surface area contributed by atoms with Crippen LogP contribution in [0.2, 0.25) is 5.02 Å². The Balaban J connectivity index is 1.75. The smallest absolute Gasteiger partial charge is 0.0648 e. The zero-order valence-electron chi connectivity index (χ0n) is 10.8. The van der Waals surface area contributed by atoms with Crippen molar-refractivity contribution in [2.24, 2.45) is 0 Å². The van der Waals surface area contributed by atoms with Crippen molar-refractivity contribution in [1.29, 1.82) is 0 Å². The fourth-order valence-corrected chi connectivity index (χ4v) is 3.81. The number of anilines is 1. The third-order valence-corrected chi connectivity index (χ3v) is 4.99. The second-order valence-electron chi connectivity index (χ2n) is 5.12. The quantitative estimate of drug-likeness (QED) is 0.650.